The van der Waals surface area contributed by atoms with Crippen molar-refractivity contribution < 1.29 is 47.6 Å². The lowest BCUT2D eigenvalue weighted by atomic mass is 10.1. The van der Waals surface area contributed by atoms with Crippen LogP contribution in [0.15, 0.2) is 5.11 Å². The highest BCUT2D eigenvalue weighted by Crippen LogP contribution is 2.28. The Hall–Kier alpha value is -1.93. The molecule has 2 amide bonds. The van der Waals surface area contributed by atoms with Crippen LogP contribution in [0.3, 0.4) is 0 Å². The van der Waals surface area contributed by atoms with Crippen molar-refractivity contribution in [3.8, 4) is 0 Å². The number of unbranched alkanes of at least 4 members (excludes halogenated alkanes) is 2. The van der Waals surface area contributed by atoms with E-state index in [1.165, 1.54) is 4.90 Å². The Kier molecular flexibility index (Phi) is 20.6. The Morgan fingerprint density at radius 2 is 1.61 bits per heavy atom. The fourth-order valence-electron chi connectivity index (χ4n) is 3.67. The molecule has 3 N–H and O–H groups in total. The van der Waals surface area contributed by atoms with E-state index in [1.807, 2.05) is 0 Å². The number of hydrogen-bond acceptors (Lipinski definition) is 10. The minimum absolute atomic E-state index is 0.104. The summed E-state index contributed by atoms with van der Waals surface area (Å²) in [7, 11) is -2.74. The summed E-state index contributed by atoms with van der Waals surface area (Å²) < 4.78 is 37.0. The van der Waals surface area contributed by atoms with Crippen molar-refractivity contribution in [2.24, 2.45) is 5.11 Å². The number of azide groups is 1. The van der Waals surface area contributed by atoms with Gasteiger partial charge in [-0.05, 0) is 18.4 Å². The van der Waals surface area contributed by atoms with E-state index in [2.05, 4.69) is 15.3 Å². The lowest BCUT2D eigenvalue weighted by Gasteiger charge is -2.22. The molecule has 16 heteroatoms. The van der Waals surface area contributed by atoms with Crippen LogP contribution in [-0.4, -0.2) is 118 Å². The van der Waals surface area contributed by atoms with E-state index in [4.69, 9.17) is 33.9 Å². The number of amides is 2. The number of rotatable bonds is 24. The third-order valence-corrected chi connectivity index (χ3v) is 6.00. The largest absolute Gasteiger partial charge is 0.695 e. The second-order valence-electron chi connectivity index (χ2n) is 8.40. The van der Waals surface area contributed by atoms with Crippen molar-refractivity contribution in [2.45, 2.75) is 50.7 Å². The van der Waals surface area contributed by atoms with Crippen LogP contribution in [-0.2, 0) is 37.6 Å². The number of likely N-dealkylation sites (tertiary alicyclic amines) is 1. The minimum Gasteiger partial charge on any atom is -0.394 e. The molecule has 1 heterocycles. The number of aliphatic hydroxyl groups excluding tert-OH is 1. The molecule has 3 atom stereocenters. The fourth-order valence-corrected chi connectivity index (χ4v) is 4.08. The number of nitrogens with one attached hydrogen (secondary N) is 1. The minimum atomic E-state index is -2.74. The molecule has 1 aliphatic heterocycles. The average molecular weight is 567 g/mol. The zero-order chi connectivity index (χ0) is 27.8. The molecule has 0 saturated carbocycles. The first kappa shape index (κ1) is 34.1. The second-order valence-corrected chi connectivity index (χ2v) is 9.08. The summed E-state index contributed by atoms with van der Waals surface area (Å²) in [5.41, 5.74) is 8.12. The molecular formula is C22H41N5O10P+. The van der Waals surface area contributed by atoms with E-state index in [-0.39, 0.29) is 31.4 Å². The first-order valence-electron chi connectivity index (χ1n) is 12.8. The molecule has 1 fully saturated rings. The van der Waals surface area contributed by atoms with Crippen LogP contribution in [0.25, 0.3) is 10.4 Å². The molecule has 0 spiro atoms. The van der Waals surface area contributed by atoms with E-state index in [0.29, 0.717) is 85.2 Å². The van der Waals surface area contributed by atoms with Gasteiger partial charge in [0.1, 0.15) is 6.10 Å². The van der Waals surface area contributed by atoms with Crippen molar-refractivity contribution >= 4 is 20.1 Å². The van der Waals surface area contributed by atoms with Gasteiger partial charge in [-0.1, -0.05) is 11.5 Å². The van der Waals surface area contributed by atoms with Crippen molar-refractivity contribution in [3.05, 3.63) is 10.4 Å². The zero-order valence-corrected chi connectivity index (χ0v) is 22.7. The number of carbonyl (C=O) groups excluding carboxylic acids is 2. The number of aliphatic hydroxyl groups is 1. The highest BCUT2D eigenvalue weighted by Gasteiger charge is 2.39. The summed E-state index contributed by atoms with van der Waals surface area (Å²) >= 11 is 0. The van der Waals surface area contributed by atoms with E-state index in [9.17, 15) is 19.3 Å². The Labute approximate surface area is 223 Å². The Bertz CT molecular complexity index is 729. The molecule has 1 saturated heterocycles. The molecule has 1 aliphatic rings. The molecule has 1 rings (SSSR count). The summed E-state index contributed by atoms with van der Waals surface area (Å²) in [6.07, 6.45) is 2.48. The smallest absolute Gasteiger partial charge is 0.394 e. The summed E-state index contributed by atoms with van der Waals surface area (Å²) in [4.78, 5) is 37.3. The van der Waals surface area contributed by atoms with E-state index in [1.54, 1.807) is 0 Å². The maximum atomic E-state index is 12.4. The van der Waals surface area contributed by atoms with Gasteiger partial charge in [-0.2, -0.15) is 0 Å². The number of nitrogens with zero attached hydrogens (tertiary/aromatic N) is 4. The van der Waals surface area contributed by atoms with Crippen LogP contribution in [0.4, 0.5) is 0 Å². The van der Waals surface area contributed by atoms with Gasteiger partial charge in [0.2, 0.25) is 11.8 Å². The van der Waals surface area contributed by atoms with Gasteiger partial charge in [0.25, 0.3) is 0 Å². The van der Waals surface area contributed by atoms with Gasteiger partial charge < -0.3 is 34.3 Å². The average Bonchev–Trinajstić information content (AvgIpc) is 3.30. The van der Waals surface area contributed by atoms with Crippen LogP contribution >= 0.6 is 8.25 Å². The SMILES string of the molecule is [N-]=[N+]=NCCOCCOCCOCCOCCC(=O)NCCCCCC(=O)N1C[C@H](O[P+](=O)O)C[C@H]1CO. The quantitative estimate of drug-likeness (QED) is 0.0498. The summed E-state index contributed by atoms with van der Waals surface area (Å²) in [6.45, 7) is 3.95. The standard InChI is InChI=1S/C22H40N5O10P/c23-26-25-7-9-34-11-13-36-15-14-35-12-10-33-8-5-21(29)24-6-3-1-2-4-22(30)27-17-20(37-38(31)32)16-19(27)18-28/h19-20,28H,1-18H2,(H-,24,29,31,32)/p+1/t19-,20+/m0/s1. The van der Waals surface area contributed by atoms with Gasteiger partial charge in [-0.25, -0.2) is 0 Å². The highest BCUT2D eigenvalue weighted by atomic mass is 31.1. The lowest BCUT2D eigenvalue weighted by Crippen LogP contribution is -2.37. The van der Waals surface area contributed by atoms with E-state index < -0.39 is 20.4 Å². The number of carbonyl (C=O) groups is 2. The molecule has 0 aromatic carbocycles. The molecule has 218 valence electrons. The van der Waals surface area contributed by atoms with Crippen LogP contribution < -0.4 is 5.32 Å². The van der Waals surface area contributed by atoms with Crippen LogP contribution in [0.2, 0.25) is 0 Å². The summed E-state index contributed by atoms with van der Waals surface area (Å²) in [5, 5.41) is 15.6. The van der Waals surface area contributed by atoms with E-state index >= 15 is 0 Å². The first-order chi connectivity index (χ1) is 18.5. The normalized spacial score (nSPS) is 17.3. The van der Waals surface area contributed by atoms with Crippen molar-refractivity contribution in [1.29, 1.82) is 0 Å². The fraction of sp³-hybridized carbons (Fsp3) is 0.909. The second kappa shape index (κ2) is 23.0. The third-order valence-electron chi connectivity index (χ3n) is 5.52. The first-order valence-corrected chi connectivity index (χ1v) is 13.9. The molecule has 1 unspecified atom stereocenters. The van der Waals surface area contributed by atoms with Gasteiger partial charge in [-0.15, -0.1) is 9.42 Å². The molecule has 15 nitrogen and oxygen atoms in total. The van der Waals surface area contributed by atoms with Crippen molar-refractivity contribution in [3.63, 3.8) is 0 Å². The zero-order valence-electron chi connectivity index (χ0n) is 21.8. The van der Waals surface area contributed by atoms with Gasteiger partial charge >= 0.3 is 8.25 Å². The molecular weight excluding hydrogens is 525 g/mol. The van der Waals surface area contributed by atoms with Gasteiger partial charge in [0, 0.05) is 41.8 Å². The predicted molar refractivity (Wildman–Crippen MR) is 135 cm³/mol. The third kappa shape index (κ3) is 17.6. The van der Waals surface area contributed by atoms with Crippen LogP contribution in [0.5, 0.6) is 0 Å². The maximum absolute atomic E-state index is 12.4. The summed E-state index contributed by atoms with van der Waals surface area (Å²) in [5.74, 6) is -0.223. The Balaban J connectivity index is 1.89. The molecule has 0 aliphatic carbocycles. The molecule has 38 heavy (non-hydrogen) atoms. The summed E-state index contributed by atoms with van der Waals surface area (Å²) in [6, 6.07) is -0.399. The monoisotopic (exact) mass is 566 g/mol. The number of ether oxygens (including phenoxy) is 4. The predicted octanol–water partition coefficient (Wildman–Crippen LogP) is 1.06. The highest BCUT2D eigenvalue weighted by molar-refractivity contribution is 7.32. The number of hydrogen-bond donors (Lipinski definition) is 3. The van der Waals surface area contributed by atoms with Gasteiger partial charge in [0.15, 0.2) is 0 Å². The molecule has 0 aromatic rings. The molecule has 0 radical (unpaired) electrons. The Morgan fingerprint density at radius 3 is 2.21 bits per heavy atom. The van der Waals surface area contributed by atoms with Crippen LogP contribution in [0, 0.1) is 0 Å². The lowest BCUT2D eigenvalue weighted by molar-refractivity contribution is -0.133. The topological polar surface area (TPSA) is 202 Å². The van der Waals surface area contributed by atoms with E-state index in [0.717, 1.165) is 12.8 Å². The van der Waals surface area contributed by atoms with Crippen molar-refractivity contribution in [1.82, 2.24) is 10.2 Å². The Morgan fingerprint density at radius 1 is 0.974 bits per heavy atom. The van der Waals surface area contributed by atoms with Crippen molar-refractivity contribution in [2.75, 3.05) is 79.1 Å². The maximum Gasteiger partial charge on any atom is 0.695 e. The molecule has 0 aromatic heterocycles. The molecule has 0 bridgehead atoms. The van der Waals surface area contributed by atoms with Gasteiger partial charge in [-0.3, -0.25) is 9.59 Å². The van der Waals surface area contributed by atoms with Crippen LogP contribution in [0.1, 0.15) is 38.5 Å². The van der Waals surface area contributed by atoms with Gasteiger partial charge in [0.05, 0.1) is 72.0 Å².